The lowest BCUT2D eigenvalue weighted by Crippen LogP contribution is -2.55. The van der Waals surface area contributed by atoms with Gasteiger partial charge in [0.15, 0.2) is 0 Å². The lowest BCUT2D eigenvalue weighted by Gasteiger charge is -2.49. The second-order valence-corrected chi connectivity index (χ2v) is 47.1. The molecule has 16 bridgehead atoms. The molecule has 0 aromatic carbocycles. The number of hydrogen-bond donors (Lipinski definition) is 0. The van der Waals surface area contributed by atoms with Gasteiger partial charge in [0.1, 0.15) is 0 Å². The van der Waals surface area contributed by atoms with Crippen LogP contribution in [0.3, 0.4) is 0 Å². The first kappa shape index (κ1) is 111. The number of carbonyl (C=O) groups excluding carboxylic acids is 8. The van der Waals surface area contributed by atoms with Gasteiger partial charge in [-0.15, -0.1) is 0 Å². The molecule has 16 aliphatic rings. The van der Waals surface area contributed by atoms with Crippen molar-refractivity contribution in [2.75, 3.05) is 52.9 Å². The zero-order valence-electron chi connectivity index (χ0n) is 88.3. The molecule has 0 radical (unpaired) electrons. The van der Waals surface area contributed by atoms with Crippen LogP contribution in [0, 0.1) is 183 Å². The van der Waals surface area contributed by atoms with Crippen molar-refractivity contribution in [1.29, 1.82) is 0 Å². The summed E-state index contributed by atoms with van der Waals surface area (Å²) in [5.41, 5.74) is 0. The third kappa shape index (κ3) is 29.6. The number of nitrogens with zero attached hydrogens (tertiary/aromatic N) is 3. The maximum Gasteiger partial charge on any atom is 0.410 e. The summed E-state index contributed by atoms with van der Waals surface area (Å²) in [5.74, 6) is 20.2. The van der Waals surface area contributed by atoms with Crippen molar-refractivity contribution in [2.45, 2.75) is 434 Å². The molecule has 16 rings (SSSR count). The Bertz CT molecular complexity index is 2910. The van der Waals surface area contributed by atoms with Gasteiger partial charge in [0.05, 0.1) is 82.4 Å². The molecular formula is C113H197N3O16. The maximum absolute atomic E-state index is 12.1. The number of fused-ring (bicyclic) bond motifs is 16. The van der Waals surface area contributed by atoms with Gasteiger partial charge < -0.3 is 52.6 Å². The minimum absolute atomic E-state index is 0.0793. The predicted octanol–water partition coefficient (Wildman–Crippen LogP) is 27.0. The number of piperidine rings is 4. The molecule has 10 aliphatic carbocycles. The monoisotopic (exact) mass is 1850 g/mol. The van der Waals surface area contributed by atoms with E-state index in [2.05, 4.69) is 111 Å². The molecule has 19 nitrogen and oxygen atoms in total. The summed E-state index contributed by atoms with van der Waals surface area (Å²) >= 11 is 0. The standard InChI is InChI=1S/3C15H26O2.C14H25NO2.2C14H24O2.2C13H23NO2/c3*1-4-17-15(16)14-11-6-5-7-12(14)9-13(8-11)10(2)3;1-4-17-14(16)15-12-6-5-7-13(15)9-11(8-12)10(2)3;2*1-4-16-14(15)13-10-5-6-11(13)8-12(7-10)9(2)3;2*1-4-16-13(15)14-11-5-6-12(14)8-10(7-11)9(2)3/h3*10-14H,4-9H2,1-3H3;10-13H,4-9H2,1-3H3;2*9-13H,4-8H2,1-3H3;2*9-12H,4-8H2,1-3H3. The summed E-state index contributed by atoms with van der Waals surface area (Å²) in [6.45, 7) is 56.3. The number of amides is 3. The Kier molecular flexibility index (Phi) is 45.4. The Balaban J connectivity index is 0.000000170. The van der Waals surface area contributed by atoms with Crippen LogP contribution in [-0.2, 0) is 61.9 Å². The van der Waals surface area contributed by atoms with Crippen LogP contribution in [0.25, 0.3) is 0 Å². The fraction of sp³-hybridized carbons (Fsp3) is 0.929. The van der Waals surface area contributed by atoms with Gasteiger partial charge in [-0.3, -0.25) is 24.0 Å². The molecule has 0 N–H and O–H groups in total. The van der Waals surface area contributed by atoms with E-state index in [4.69, 9.17) is 37.9 Å². The number of esters is 5. The van der Waals surface area contributed by atoms with E-state index in [0.717, 1.165) is 94.7 Å². The number of ether oxygens (including phenoxy) is 8. The van der Waals surface area contributed by atoms with E-state index >= 15 is 0 Å². The second-order valence-electron chi connectivity index (χ2n) is 47.1. The zero-order valence-corrected chi connectivity index (χ0v) is 88.3. The van der Waals surface area contributed by atoms with E-state index in [9.17, 15) is 38.4 Å². The molecule has 760 valence electrons. The van der Waals surface area contributed by atoms with Crippen molar-refractivity contribution in [2.24, 2.45) is 183 Å². The number of rotatable bonds is 21. The Morgan fingerprint density at radius 3 is 0.477 bits per heavy atom. The highest BCUT2D eigenvalue weighted by Crippen LogP contribution is 2.56. The highest BCUT2D eigenvalue weighted by Gasteiger charge is 2.54. The number of hydrogen-bond acceptors (Lipinski definition) is 16. The third-order valence-electron chi connectivity index (χ3n) is 36.7. The van der Waals surface area contributed by atoms with Gasteiger partial charge in [0, 0.05) is 36.3 Å². The van der Waals surface area contributed by atoms with Gasteiger partial charge in [-0.25, -0.2) is 14.4 Å². The maximum atomic E-state index is 12.1. The molecule has 16 unspecified atom stereocenters. The summed E-state index contributed by atoms with van der Waals surface area (Å²) in [6, 6.07) is 2.67. The lowest BCUT2D eigenvalue weighted by atomic mass is 9.59. The van der Waals surface area contributed by atoms with Crippen LogP contribution in [0.1, 0.15) is 397 Å². The minimum atomic E-state index is -0.0859. The van der Waals surface area contributed by atoms with E-state index in [1.807, 2.05) is 70.1 Å². The SMILES string of the molecule is CCOC(=O)C1C2CCC1CC(C(C)C)C2.CCOC(=O)C1C2CCC1CC(C(C)C)C2.CCOC(=O)C1C2CCCC1CC(C(C)C)C2.CCOC(=O)C1C2CCCC1CC(C(C)C)C2.CCOC(=O)C1C2CCCC1CC(C(C)C)C2.CCOC(=O)N1C2CCC1CC(C(C)C)C2.CCOC(=O)N1C2CCC1CC(C(C)C)C2.CCOC(=O)N1C2CCCC1CC(C(C)C)C2. The highest BCUT2D eigenvalue weighted by atomic mass is 16.6. The Morgan fingerprint density at radius 2 is 0.326 bits per heavy atom. The first-order valence-electron chi connectivity index (χ1n) is 55.7. The fourth-order valence-corrected chi connectivity index (χ4v) is 29.3. The van der Waals surface area contributed by atoms with Crippen LogP contribution in [0.4, 0.5) is 14.4 Å². The summed E-state index contributed by atoms with van der Waals surface area (Å²) in [6.07, 6.45) is 43.9. The highest BCUT2D eigenvalue weighted by molar-refractivity contribution is 5.76. The first-order chi connectivity index (χ1) is 63.0. The average molecular weight is 1850 g/mol. The first-order valence-corrected chi connectivity index (χ1v) is 55.7. The van der Waals surface area contributed by atoms with E-state index in [1.54, 1.807) is 0 Å². The molecule has 0 aromatic rings. The molecule has 16 fully saturated rings. The third-order valence-corrected chi connectivity index (χ3v) is 36.7. The van der Waals surface area contributed by atoms with Gasteiger partial charge in [-0.2, -0.15) is 0 Å². The fourth-order valence-electron chi connectivity index (χ4n) is 29.3. The van der Waals surface area contributed by atoms with Crippen LogP contribution < -0.4 is 0 Å². The summed E-state index contributed by atoms with van der Waals surface area (Å²) in [4.78, 5) is 102. The molecule has 6 saturated heterocycles. The second kappa shape index (κ2) is 54.1. The summed E-state index contributed by atoms with van der Waals surface area (Å²) in [5, 5.41) is 0. The normalized spacial score (nSPS) is 35.7. The van der Waals surface area contributed by atoms with E-state index < -0.39 is 0 Å². The van der Waals surface area contributed by atoms with Crippen LogP contribution in [0.2, 0.25) is 0 Å². The molecule has 0 aromatic heterocycles. The molecule has 19 heteroatoms. The Labute approximate surface area is 804 Å². The van der Waals surface area contributed by atoms with E-state index in [1.165, 1.54) is 231 Å². The van der Waals surface area contributed by atoms with Gasteiger partial charge in [-0.05, 0) is 421 Å². The minimum Gasteiger partial charge on any atom is -0.466 e. The summed E-state index contributed by atoms with van der Waals surface area (Å²) < 4.78 is 41.8. The predicted molar refractivity (Wildman–Crippen MR) is 528 cm³/mol. The van der Waals surface area contributed by atoms with Crippen LogP contribution >= 0.6 is 0 Å². The van der Waals surface area contributed by atoms with Crippen molar-refractivity contribution < 1.29 is 76.3 Å². The van der Waals surface area contributed by atoms with Crippen molar-refractivity contribution in [3.63, 3.8) is 0 Å². The van der Waals surface area contributed by atoms with Gasteiger partial charge in [-0.1, -0.05) is 130 Å². The molecule has 6 heterocycles. The molecule has 6 aliphatic heterocycles. The van der Waals surface area contributed by atoms with Crippen LogP contribution in [0.15, 0.2) is 0 Å². The molecular weight excluding hydrogens is 1660 g/mol. The zero-order chi connectivity index (χ0) is 96.5. The molecule has 16 atom stereocenters. The van der Waals surface area contributed by atoms with Gasteiger partial charge in [0.2, 0.25) is 0 Å². The molecule has 132 heavy (non-hydrogen) atoms. The Hall–Kier alpha value is -4.84. The largest absolute Gasteiger partial charge is 0.466 e. The van der Waals surface area contributed by atoms with Crippen molar-refractivity contribution in [3.05, 3.63) is 0 Å². The van der Waals surface area contributed by atoms with Crippen molar-refractivity contribution in [3.8, 4) is 0 Å². The van der Waals surface area contributed by atoms with Crippen LogP contribution in [0.5, 0.6) is 0 Å². The molecule has 0 spiro atoms. The van der Waals surface area contributed by atoms with Gasteiger partial charge in [0.25, 0.3) is 0 Å². The summed E-state index contributed by atoms with van der Waals surface area (Å²) in [7, 11) is 0. The van der Waals surface area contributed by atoms with Gasteiger partial charge >= 0.3 is 48.1 Å². The Morgan fingerprint density at radius 1 is 0.189 bits per heavy atom. The van der Waals surface area contributed by atoms with Crippen LogP contribution in [-0.4, -0.2) is 152 Å². The molecule has 10 saturated carbocycles. The quantitative estimate of drug-likeness (QED) is 0.0770. The number of carbonyl (C=O) groups is 8. The van der Waals surface area contributed by atoms with E-state index in [-0.39, 0.29) is 77.7 Å². The van der Waals surface area contributed by atoms with E-state index in [0.29, 0.717) is 148 Å². The average Bonchev–Trinajstić information content (AvgIpc) is 1.72. The topological polar surface area (TPSA) is 220 Å². The van der Waals surface area contributed by atoms with Crippen molar-refractivity contribution in [1.82, 2.24) is 14.7 Å². The van der Waals surface area contributed by atoms with Crippen molar-refractivity contribution >= 4 is 48.1 Å². The smallest absolute Gasteiger partial charge is 0.410 e. The lowest BCUT2D eigenvalue weighted by molar-refractivity contribution is -0.158. The molecule has 3 amide bonds.